The number of nitrogens with zero attached hydrogens (tertiary/aromatic N) is 2. The maximum atomic E-state index is 14.1. The molecule has 0 spiro atoms. The quantitative estimate of drug-likeness (QED) is 0.920. The molecule has 2 rings (SSSR count). The van der Waals surface area contributed by atoms with E-state index in [4.69, 9.17) is 4.74 Å². The van der Waals surface area contributed by atoms with Crippen LogP contribution in [0.5, 0.6) is 0 Å². The van der Waals surface area contributed by atoms with Gasteiger partial charge < -0.3 is 10.1 Å². The molecule has 2 aromatic rings. The molecule has 1 aromatic carbocycles. The summed E-state index contributed by atoms with van der Waals surface area (Å²) in [6.07, 6.45) is 1.66. The minimum atomic E-state index is -0.492. The number of anilines is 1. The third-order valence-corrected chi connectivity index (χ3v) is 3.11. The number of rotatable bonds is 5. The molecule has 21 heavy (non-hydrogen) atoms. The summed E-state index contributed by atoms with van der Waals surface area (Å²) in [7, 11) is 1.60. The Labute approximate surface area is 122 Å². The molecule has 0 bridgehead atoms. The van der Waals surface area contributed by atoms with Gasteiger partial charge in [-0.15, -0.1) is 0 Å². The van der Waals surface area contributed by atoms with Crippen molar-refractivity contribution in [3.05, 3.63) is 41.2 Å². The van der Waals surface area contributed by atoms with Crippen LogP contribution in [0.4, 0.5) is 14.7 Å². The van der Waals surface area contributed by atoms with E-state index in [-0.39, 0.29) is 17.3 Å². The smallest absolute Gasteiger partial charge is 0.208 e. The largest absolute Gasteiger partial charge is 0.383 e. The van der Waals surface area contributed by atoms with E-state index >= 15 is 0 Å². The van der Waals surface area contributed by atoms with Gasteiger partial charge in [0.2, 0.25) is 5.95 Å². The van der Waals surface area contributed by atoms with Crippen molar-refractivity contribution in [1.82, 2.24) is 9.55 Å². The fourth-order valence-corrected chi connectivity index (χ4v) is 2.12. The van der Waals surface area contributed by atoms with Crippen molar-refractivity contribution in [2.24, 2.45) is 0 Å². The van der Waals surface area contributed by atoms with Gasteiger partial charge in [0, 0.05) is 25.4 Å². The van der Waals surface area contributed by atoms with Gasteiger partial charge in [-0.1, -0.05) is 0 Å². The highest BCUT2D eigenvalue weighted by molar-refractivity contribution is 5.46. The monoisotopic (exact) mass is 295 g/mol. The first-order chi connectivity index (χ1) is 9.92. The summed E-state index contributed by atoms with van der Waals surface area (Å²) < 4.78 is 34.4. The lowest BCUT2D eigenvalue weighted by Crippen LogP contribution is -2.23. The van der Waals surface area contributed by atoms with Crippen molar-refractivity contribution in [3.63, 3.8) is 0 Å². The Hall–Kier alpha value is -1.95. The Morgan fingerprint density at radius 3 is 2.67 bits per heavy atom. The van der Waals surface area contributed by atoms with Gasteiger partial charge in [0.05, 0.1) is 18.0 Å². The van der Waals surface area contributed by atoms with Gasteiger partial charge in [0.1, 0.15) is 11.6 Å². The molecule has 1 aromatic heterocycles. The third kappa shape index (κ3) is 3.39. The summed E-state index contributed by atoms with van der Waals surface area (Å²) in [6, 6.07) is 2.36. The van der Waals surface area contributed by atoms with E-state index in [2.05, 4.69) is 10.3 Å². The summed E-state index contributed by atoms with van der Waals surface area (Å²) in [5.74, 6) is -0.485. The number of hydrogen-bond donors (Lipinski definition) is 1. The second kappa shape index (κ2) is 6.22. The SMILES string of the molecule is COCC(C)Nc1nc(C)cn1-c1cc(F)c(C)cc1F. The minimum Gasteiger partial charge on any atom is -0.383 e. The zero-order chi connectivity index (χ0) is 15.6. The summed E-state index contributed by atoms with van der Waals surface area (Å²) in [4.78, 5) is 4.31. The van der Waals surface area contributed by atoms with Crippen LogP contribution in [-0.4, -0.2) is 29.3 Å². The molecule has 114 valence electrons. The zero-order valence-electron chi connectivity index (χ0n) is 12.6. The van der Waals surface area contributed by atoms with E-state index in [0.29, 0.717) is 18.2 Å². The summed E-state index contributed by atoms with van der Waals surface area (Å²) >= 11 is 0. The Morgan fingerprint density at radius 1 is 1.29 bits per heavy atom. The molecule has 0 aliphatic heterocycles. The maximum Gasteiger partial charge on any atom is 0.208 e. The van der Waals surface area contributed by atoms with Crippen molar-refractivity contribution < 1.29 is 13.5 Å². The molecule has 0 saturated heterocycles. The van der Waals surface area contributed by atoms with E-state index in [1.807, 2.05) is 6.92 Å². The average Bonchev–Trinajstić information content (AvgIpc) is 2.74. The van der Waals surface area contributed by atoms with Crippen molar-refractivity contribution >= 4 is 5.95 Å². The molecular formula is C15H19F2N3O. The molecule has 0 aliphatic carbocycles. The molecule has 4 nitrogen and oxygen atoms in total. The molecular weight excluding hydrogens is 276 g/mol. The molecule has 1 unspecified atom stereocenters. The molecule has 1 atom stereocenters. The summed E-state index contributed by atoms with van der Waals surface area (Å²) in [5.41, 5.74) is 1.11. The fourth-order valence-electron chi connectivity index (χ4n) is 2.12. The standard InChI is InChI=1S/C15H19F2N3O/c1-9-5-13(17)14(6-12(9)16)20-7-10(2)18-15(20)19-11(3)8-21-4/h5-7,11H,8H2,1-4H3,(H,18,19). The number of ether oxygens (including phenoxy) is 1. The Balaban J connectivity index is 2.42. The molecule has 0 amide bonds. The molecule has 1 N–H and O–H groups in total. The van der Waals surface area contributed by atoms with Crippen LogP contribution in [0.2, 0.25) is 0 Å². The number of aromatic nitrogens is 2. The predicted molar refractivity (Wildman–Crippen MR) is 77.9 cm³/mol. The van der Waals surface area contributed by atoms with Crippen molar-refractivity contribution in [3.8, 4) is 5.69 Å². The number of halogens is 2. The van der Waals surface area contributed by atoms with Crippen LogP contribution >= 0.6 is 0 Å². The molecule has 0 fully saturated rings. The number of nitrogens with one attached hydrogen (secondary N) is 1. The van der Waals surface area contributed by atoms with Crippen LogP contribution in [0, 0.1) is 25.5 Å². The van der Waals surface area contributed by atoms with Gasteiger partial charge in [-0.2, -0.15) is 0 Å². The van der Waals surface area contributed by atoms with E-state index in [1.54, 1.807) is 20.2 Å². The molecule has 6 heteroatoms. The van der Waals surface area contributed by atoms with E-state index in [9.17, 15) is 8.78 Å². The highest BCUT2D eigenvalue weighted by Gasteiger charge is 2.15. The van der Waals surface area contributed by atoms with Crippen molar-refractivity contribution in [2.75, 3.05) is 19.0 Å². The first-order valence-electron chi connectivity index (χ1n) is 6.70. The normalized spacial score (nSPS) is 12.5. The molecule has 0 radical (unpaired) electrons. The highest BCUT2D eigenvalue weighted by atomic mass is 19.1. The summed E-state index contributed by atoms with van der Waals surface area (Å²) in [5, 5.41) is 3.13. The Kier molecular flexibility index (Phi) is 4.57. The first kappa shape index (κ1) is 15.4. The second-order valence-electron chi connectivity index (χ2n) is 5.13. The number of methoxy groups -OCH3 is 1. The van der Waals surface area contributed by atoms with Crippen LogP contribution in [0.1, 0.15) is 18.2 Å². The van der Waals surface area contributed by atoms with Gasteiger partial charge in [0.15, 0.2) is 0 Å². The second-order valence-corrected chi connectivity index (χ2v) is 5.13. The highest BCUT2D eigenvalue weighted by Crippen LogP contribution is 2.23. The predicted octanol–water partition coefficient (Wildman–Crippen LogP) is 3.21. The third-order valence-electron chi connectivity index (χ3n) is 3.11. The molecule has 0 aliphatic rings. The first-order valence-corrected chi connectivity index (χ1v) is 6.70. The van der Waals surface area contributed by atoms with Crippen molar-refractivity contribution in [2.45, 2.75) is 26.8 Å². The number of aryl methyl sites for hydroxylation is 2. The van der Waals surface area contributed by atoms with Gasteiger partial charge in [0.25, 0.3) is 0 Å². The van der Waals surface area contributed by atoms with Crippen LogP contribution in [0.15, 0.2) is 18.3 Å². The van der Waals surface area contributed by atoms with Gasteiger partial charge in [-0.3, -0.25) is 4.57 Å². The van der Waals surface area contributed by atoms with Gasteiger partial charge in [-0.05, 0) is 32.4 Å². The Bertz CT molecular complexity index is 640. The van der Waals surface area contributed by atoms with Crippen LogP contribution in [0.25, 0.3) is 5.69 Å². The minimum absolute atomic E-state index is 0.00564. The topological polar surface area (TPSA) is 39.1 Å². The van der Waals surface area contributed by atoms with E-state index in [0.717, 1.165) is 0 Å². The fraction of sp³-hybridized carbons (Fsp3) is 0.400. The molecule has 1 heterocycles. The number of imidazole rings is 1. The van der Waals surface area contributed by atoms with Crippen LogP contribution in [-0.2, 0) is 4.74 Å². The molecule has 0 saturated carbocycles. The Morgan fingerprint density at radius 2 is 2.00 bits per heavy atom. The number of benzene rings is 1. The van der Waals surface area contributed by atoms with E-state index < -0.39 is 11.6 Å². The van der Waals surface area contributed by atoms with Gasteiger partial charge >= 0.3 is 0 Å². The average molecular weight is 295 g/mol. The van der Waals surface area contributed by atoms with Crippen LogP contribution in [0.3, 0.4) is 0 Å². The van der Waals surface area contributed by atoms with E-state index in [1.165, 1.54) is 23.6 Å². The maximum absolute atomic E-state index is 14.1. The number of hydrogen-bond acceptors (Lipinski definition) is 3. The van der Waals surface area contributed by atoms with Crippen molar-refractivity contribution in [1.29, 1.82) is 0 Å². The lowest BCUT2D eigenvalue weighted by molar-refractivity contribution is 0.190. The van der Waals surface area contributed by atoms with Crippen LogP contribution < -0.4 is 5.32 Å². The van der Waals surface area contributed by atoms with Gasteiger partial charge in [-0.25, -0.2) is 13.8 Å². The zero-order valence-corrected chi connectivity index (χ0v) is 12.6. The lowest BCUT2D eigenvalue weighted by atomic mass is 10.2. The summed E-state index contributed by atoms with van der Waals surface area (Å²) in [6.45, 7) is 5.73. The lowest BCUT2D eigenvalue weighted by Gasteiger charge is -2.16.